The fraction of sp³-hybridized carbons (Fsp3) is 0.500. The van der Waals surface area contributed by atoms with Gasteiger partial charge in [-0.15, -0.1) is 0 Å². The van der Waals surface area contributed by atoms with Crippen molar-refractivity contribution in [3.8, 4) is 0 Å². The molecule has 1 unspecified atom stereocenters. The first kappa shape index (κ1) is 32.8. The average molecular weight is 851 g/mol. The minimum atomic E-state index is -0.855. The number of benzene rings is 1. The topological polar surface area (TPSA) is 193 Å². The molecule has 13 heteroatoms. The van der Waals surface area contributed by atoms with Crippen LogP contribution in [0.5, 0.6) is 0 Å². The van der Waals surface area contributed by atoms with E-state index in [0.717, 1.165) is 5.56 Å². The normalized spacial score (nSPS) is 11.5. The largest absolute Gasteiger partial charge is 0.615 e. The molecule has 0 aliphatic heterocycles. The van der Waals surface area contributed by atoms with Gasteiger partial charge in [-0.25, -0.2) is 5.90 Å². The van der Waals surface area contributed by atoms with Crippen molar-refractivity contribution in [2.45, 2.75) is 45.4 Å². The molecule has 0 aliphatic carbocycles. The van der Waals surface area contributed by atoms with E-state index >= 15 is 0 Å². The average Bonchev–Trinajstić information content (AvgIpc) is 2.71. The second kappa shape index (κ2) is 19.1. The third kappa shape index (κ3) is 12.4. The fourth-order valence-corrected chi connectivity index (χ4v) is 2.43. The summed E-state index contributed by atoms with van der Waals surface area (Å²) in [5, 5.41) is 16.7. The molecular weight excluding hydrogens is 821 g/mol. The molecule has 0 saturated carbocycles. The summed E-state index contributed by atoms with van der Waals surface area (Å²) in [6.45, 7) is 3.68. The standard InChI is InChI=1S/C18H27N4O5.Fm.H3N2.W/c1-12(2)16(20-11-24)18(26)22-15(4-3-9-23)17(25)21-14-7-5-13(6-8-14)10-27-19;;1-2;/h5-8,12,15-16,23H,3-4,9-10,19H2,1-2H3,(H,20,24)(H,21,25)(H,22,26);;1H,2H2;/q-1;;-1;/t15-,16?;;;/m0.../s1. The van der Waals surface area contributed by atoms with Gasteiger partial charge in [0.05, 0.1) is 12.6 Å². The van der Waals surface area contributed by atoms with Gasteiger partial charge in [-0.05, 0) is 36.5 Å². The summed E-state index contributed by atoms with van der Waals surface area (Å²) in [5.74, 6) is 12.9. The van der Waals surface area contributed by atoms with Crippen LogP contribution in [0.25, 0.3) is 5.84 Å². The van der Waals surface area contributed by atoms with E-state index in [9.17, 15) is 14.4 Å². The quantitative estimate of drug-likeness (QED) is 0.0731. The van der Waals surface area contributed by atoms with E-state index in [1.807, 2.05) is 0 Å². The number of aliphatic hydroxyl groups is 1. The van der Waals surface area contributed by atoms with E-state index < -0.39 is 23.9 Å². The summed E-state index contributed by atoms with van der Waals surface area (Å²) >= 11 is 0. The minimum Gasteiger partial charge on any atom is -0.615 e. The predicted octanol–water partition coefficient (Wildman–Crippen LogP) is -0.136. The number of amides is 3. The smallest absolute Gasteiger partial charge is 0.246 e. The van der Waals surface area contributed by atoms with Crippen molar-refractivity contribution in [2.75, 3.05) is 11.9 Å². The molecule has 0 spiro atoms. The van der Waals surface area contributed by atoms with Gasteiger partial charge in [0.15, 0.2) is 0 Å². The molecule has 1 aromatic carbocycles. The van der Waals surface area contributed by atoms with Crippen molar-refractivity contribution >= 4 is 23.9 Å². The van der Waals surface area contributed by atoms with E-state index in [4.69, 9.17) is 16.8 Å². The van der Waals surface area contributed by atoms with Gasteiger partial charge in [-0.2, -0.15) is 6.41 Å². The number of hydrogen-bond acceptors (Lipinski definition) is 7. The van der Waals surface area contributed by atoms with Crippen LogP contribution in [-0.2, 0) is 46.9 Å². The Hall–Kier alpha value is -2.88. The number of aliphatic hydroxyl groups excluding tert-OH is 1. The Morgan fingerprint density at radius 2 is 1.77 bits per heavy atom. The Bertz CT molecular complexity index is 624. The molecule has 0 bridgehead atoms. The Labute approximate surface area is 190 Å². The van der Waals surface area contributed by atoms with Crippen LogP contribution in [-0.4, -0.2) is 42.0 Å². The van der Waals surface area contributed by atoms with E-state index in [1.165, 1.54) is 6.41 Å². The molecule has 3 amide bonds. The molecule has 1 rings (SSSR count). The molecular formula is C18H30FmN6O5W-2. The number of rotatable bonds is 12. The summed E-state index contributed by atoms with van der Waals surface area (Å²) in [5.41, 5.74) is 1.39. The third-order valence-corrected chi connectivity index (χ3v) is 3.92. The van der Waals surface area contributed by atoms with Crippen LogP contribution in [0, 0.1) is 5.92 Å². The van der Waals surface area contributed by atoms with Gasteiger partial charge < -0.3 is 37.5 Å². The number of anilines is 1. The Balaban J connectivity index is -0.00000190. The van der Waals surface area contributed by atoms with Gasteiger partial charge in [-0.1, -0.05) is 26.0 Å². The molecule has 11 nitrogen and oxygen atoms in total. The summed E-state index contributed by atoms with van der Waals surface area (Å²) in [6, 6.07) is 5.23. The molecule has 0 saturated heterocycles. The summed E-state index contributed by atoms with van der Waals surface area (Å²) in [6.07, 6.45) is 2.10. The maximum absolute atomic E-state index is 12.6. The number of nitrogens with two attached hydrogens (primary N) is 2. The molecule has 0 radical (unpaired) electrons. The fourth-order valence-electron chi connectivity index (χ4n) is 2.43. The van der Waals surface area contributed by atoms with Gasteiger partial charge >= 0.3 is 0 Å². The first-order valence-corrected chi connectivity index (χ1v) is 8.97. The zero-order chi connectivity index (χ0) is 22.2. The maximum atomic E-state index is 12.6. The second-order valence-corrected chi connectivity index (χ2v) is 6.39. The van der Waals surface area contributed by atoms with Crippen LogP contribution in [0.3, 0.4) is 0 Å². The number of nitrogens with one attached hydrogen (secondary N) is 4. The SMILES string of the molecule is CC(C)C(N[C-]=O)C(=O)N[C@@H](CCCO)C(=O)Nc1ccc(CON)cc1.[Fm].[NH-]N.[W]. The van der Waals surface area contributed by atoms with Crippen molar-refractivity contribution in [3.05, 3.63) is 35.7 Å². The monoisotopic (exact) mass is 851 g/mol. The number of carbonyl (C=O) groups is 2. The molecule has 0 aromatic heterocycles. The number of carbonyl (C=O) groups excluding carboxylic acids is 3. The summed E-state index contributed by atoms with van der Waals surface area (Å²) in [7, 11) is 0. The van der Waals surface area contributed by atoms with Crippen LogP contribution in [0.1, 0.15) is 32.3 Å². The molecule has 9 N–H and O–H groups in total. The molecule has 31 heavy (non-hydrogen) atoms. The molecule has 0 aliphatic rings. The Morgan fingerprint density at radius 1 is 1.19 bits per heavy atom. The van der Waals surface area contributed by atoms with Crippen LogP contribution >= 0.6 is 0 Å². The van der Waals surface area contributed by atoms with Gasteiger partial charge in [0.2, 0.25) is 11.8 Å². The first-order valence-electron chi connectivity index (χ1n) is 8.97. The van der Waals surface area contributed by atoms with Gasteiger partial charge in [0.25, 0.3) is 0 Å². The first-order chi connectivity index (χ1) is 13.9. The number of hydrogen-bond donors (Lipinski definition) is 6. The molecule has 1 aromatic rings. The predicted molar refractivity (Wildman–Crippen MR) is 108 cm³/mol. The molecule has 0 fully saturated rings. The van der Waals surface area contributed by atoms with Crippen molar-refractivity contribution in [2.24, 2.45) is 17.7 Å². The summed E-state index contributed by atoms with van der Waals surface area (Å²) < 4.78 is 0. The van der Waals surface area contributed by atoms with Crippen LogP contribution in [0.2, 0.25) is 0 Å². The summed E-state index contributed by atoms with van der Waals surface area (Å²) in [4.78, 5) is 40.1. The van der Waals surface area contributed by atoms with Crippen molar-refractivity contribution in [1.29, 1.82) is 0 Å². The van der Waals surface area contributed by atoms with Crippen LogP contribution < -0.4 is 27.7 Å². The maximum Gasteiger partial charge on any atom is 0.246 e. The zero-order valence-corrected chi connectivity index (χ0v) is 22.6. The van der Waals surface area contributed by atoms with Crippen molar-refractivity contribution in [3.63, 3.8) is 0 Å². The van der Waals surface area contributed by atoms with E-state index in [2.05, 4.69) is 26.6 Å². The van der Waals surface area contributed by atoms with Gasteiger partial charge in [0.1, 0.15) is 6.04 Å². The Kier molecular flexibility index (Phi) is 20.2. The second-order valence-electron chi connectivity index (χ2n) is 6.39. The molecule has 182 valence electrons. The molecule has 0 heterocycles. The van der Waals surface area contributed by atoms with Gasteiger partial charge in [0, 0.05) is 33.4 Å². The van der Waals surface area contributed by atoms with Gasteiger partial charge in [-0.3, -0.25) is 14.4 Å². The van der Waals surface area contributed by atoms with Crippen molar-refractivity contribution in [1.82, 2.24) is 10.6 Å². The minimum absolute atomic E-state index is 0. The third-order valence-electron chi connectivity index (χ3n) is 3.92. The van der Waals surface area contributed by atoms with Crippen LogP contribution in [0.4, 0.5) is 5.69 Å². The Morgan fingerprint density at radius 3 is 2.23 bits per heavy atom. The van der Waals surface area contributed by atoms with E-state index in [0.29, 0.717) is 12.1 Å². The van der Waals surface area contributed by atoms with E-state index in [-0.39, 0.29) is 46.6 Å². The van der Waals surface area contributed by atoms with E-state index in [1.54, 1.807) is 38.1 Å². The van der Waals surface area contributed by atoms with Crippen molar-refractivity contribution < 1.29 is 45.4 Å². The van der Waals surface area contributed by atoms with Crippen LogP contribution in [0.15, 0.2) is 24.3 Å². The zero-order valence-electron chi connectivity index (χ0n) is 17.3. The molecule has 2 atom stereocenters.